The van der Waals surface area contributed by atoms with E-state index in [-0.39, 0.29) is 22.5 Å². The standard InChI is InChI=1S/C34H41ClN6O3/c1-43-28-16-12-25(13-17-28)10-6-21-41(24-27-8-4-3-5-9-27,22-7-11-26-14-18-29(44-2)19-15-26)23-20-38-34(42)30-32(36)40-33(37)31(35)39-30/h3-5,8-9,12-19H,6-7,10-11,20-24H2,1-2H3,(H4-,36,37,38,40,42). The third kappa shape index (κ3) is 9.33. The SMILES string of the molecule is COc1ccc(CCC[N+](CCCc2ccc(OC)cc2)(CCN=C([O-])c2nc(Cl)c(N)nc2N)Cc2ccccc2)cc1. The normalized spacial score (nSPS) is 11.8. The van der Waals surface area contributed by atoms with E-state index in [1.807, 2.05) is 30.3 Å². The van der Waals surface area contributed by atoms with Crippen molar-refractivity contribution in [3.8, 4) is 11.5 Å². The van der Waals surface area contributed by atoms with Crippen LogP contribution in [0.2, 0.25) is 5.15 Å². The number of aliphatic imine (C=N–C) groups is 1. The molecule has 1 heterocycles. The summed E-state index contributed by atoms with van der Waals surface area (Å²) in [5.41, 5.74) is 15.3. The Hall–Kier alpha value is -4.34. The molecule has 10 heteroatoms. The Morgan fingerprint density at radius 1 is 0.750 bits per heavy atom. The Labute approximate surface area is 264 Å². The summed E-state index contributed by atoms with van der Waals surface area (Å²) in [4.78, 5) is 12.3. The number of anilines is 2. The summed E-state index contributed by atoms with van der Waals surface area (Å²) in [5.74, 6) is 1.05. The van der Waals surface area contributed by atoms with E-state index in [1.165, 1.54) is 16.7 Å². The van der Waals surface area contributed by atoms with Crippen molar-refractivity contribution in [3.05, 3.63) is 106 Å². The molecule has 0 radical (unpaired) electrons. The number of halogens is 1. The summed E-state index contributed by atoms with van der Waals surface area (Å²) in [6, 6.07) is 27.0. The number of ether oxygens (including phenoxy) is 2. The van der Waals surface area contributed by atoms with Gasteiger partial charge >= 0.3 is 0 Å². The van der Waals surface area contributed by atoms with E-state index in [1.54, 1.807) is 14.2 Å². The molecule has 3 aromatic carbocycles. The van der Waals surface area contributed by atoms with Crippen LogP contribution in [0, 0.1) is 0 Å². The van der Waals surface area contributed by atoms with Gasteiger partial charge in [-0.15, -0.1) is 0 Å². The van der Waals surface area contributed by atoms with Gasteiger partial charge in [0.1, 0.15) is 23.7 Å². The van der Waals surface area contributed by atoms with Gasteiger partial charge < -0.3 is 30.5 Å². The number of aryl methyl sites for hydroxylation is 2. The lowest BCUT2D eigenvalue weighted by atomic mass is 10.1. The van der Waals surface area contributed by atoms with Crippen LogP contribution in [-0.2, 0) is 19.4 Å². The van der Waals surface area contributed by atoms with Crippen LogP contribution in [0.1, 0.15) is 35.2 Å². The van der Waals surface area contributed by atoms with E-state index in [9.17, 15) is 5.11 Å². The smallest absolute Gasteiger partial charge is 0.172 e. The number of nitrogens with two attached hydrogens (primary N) is 2. The summed E-state index contributed by atoms with van der Waals surface area (Å²) in [6.07, 6.45) is 3.82. The van der Waals surface area contributed by atoms with E-state index < -0.39 is 5.90 Å². The van der Waals surface area contributed by atoms with Crippen LogP contribution in [-0.4, -0.2) is 60.7 Å². The third-order valence-electron chi connectivity index (χ3n) is 7.81. The Bertz CT molecular complexity index is 1440. The van der Waals surface area contributed by atoms with E-state index >= 15 is 0 Å². The Balaban J connectivity index is 1.56. The average molecular weight is 617 g/mol. The predicted molar refractivity (Wildman–Crippen MR) is 175 cm³/mol. The van der Waals surface area contributed by atoms with Crippen LogP contribution in [0.5, 0.6) is 11.5 Å². The first-order valence-corrected chi connectivity index (χ1v) is 15.1. The molecule has 0 amide bonds. The fourth-order valence-corrected chi connectivity index (χ4v) is 5.53. The summed E-state index contributed by atoms with van der Waals surface area (Å²) in [6.45, 7) is 3.64. The number of benzene rings is 3. The zero-order valence-corrected chi connectivity index (χ0v) is 26.2. The summed E-state index contributed by atoms with van der Waals surface area (Å²) in [7, 11) is 3.35. The van der Waals surface area contributed by atoms with Crippen LogP contribution >= 0.6 is 11.6 Å². The molecule has 0 unspecified atom stereocenters. The molecule has 44 heavy (non-hydrogen) atoms. The van der Waals surface area contributed by atoms with Crippen molar-refractivity contribution < 1.29 is 19.1 Å². The lowest BCUT2D eigenvalue weighted by Gasteiger charge is -2.39. The maximum atomic E-state index is 13.0. The highest BCUT2D eigenvalue weighted by Gasteiger charge is 2.27. The zero-order chi connectivity index (χ0) is 31.4. The predicted octanol–water partition coefficient (Wildman–Crippen LogP) is 4.70. The van der Waals surface area contributed by atoms with Crippen molar-refractivity contribution >= 4 is 29.1 Å². The maximum Gasteiger partial charge on any atom is 0.172 e. The van der Waals surface area contributed by atoms with Crippen molar-refractivity contribution in [2.75, 3.05) is 51.9 Å². The van der Waals surface area contributed by atoms with Gasteiger partial charge in [0.15, 0.2) is 16.8 Å². The number of rotatable bonds is 16. The molecule has 0 aliphatic carbocycles. The van der Waals surface area contributed by atoms with Gasteiger partial charge in [0.25, 0.3) is 0 Å². The van der Waals surface area contributed by atoms with Crippen molar-refractivity contribution in [2.45, 2.75) is 32.2 Å². The van der Waals surface area contributed by atoms with Crippen LogP contribution in [0.3, 0.4) is 0 Å². The van der Waals surface area contributed by atoms with Gasteiger partial charge in [-0.05, 0) is 48.2 Å². The molecule has 0 fully saturated rings. The largest absolute Gasteiger partial charge is 0.857 e. The van der Waals surface area contributed by atoms with Gasteiger partial charge in [-0.3, -0.25) is 4.99 Å². The van der Waals surface area contributed by atoms with Crippen molar-refractivity contribution in [3.63, 3.8) is 0 Å². The fraction of sp³-hybridized carbons (Fsp3) is 0.324. The molecule has 0 atom stereocenters. The molecule has 0 spiro atoms. The molecule has 1 aromatic heterocycles. The molecule has 0 bridgehead atoms. The maximum absolute atomic E-state index is 13.0. The highest BCUT2D eigenvalue weighted by molar-refractivity contribution is 6.31. The summed E-state index contributed by atoms with van der Waals surface area (Å²) >= 11 is 6.01. The number of nitrogen functional groups attached to an aromatic ring is 2. The van der Waals surface area contributed by atoms with Crippen LogP contribution in [0.15, 0.2) is 83.9 Å². The van der Waals surface area contributed by atoms with Crippen molar-refractivity contribution in [2.24, 2.45) is 4.99 Å². The molecule has 232 valence electrons. The van der Waals surface area contributed by atoms with Gasteiger partial charge in [-0.2, -0.15) is 0 Å². The molecule has 4 N–H and O–H groups in total. The second-order valence-electron chi connectivity index (χ2n) is 10.9. The average Bonchev–Trinajstić information content (AvgIpc) is 3.04. The van der Waals surface area contributed by atoms with Crippen LogP contribution in [0.4, 0.5) is 11.6 Å². The van der Waals surface area contributed by atoms with Crippen molar-refractivity contribution in [1.82, 2.24) is 9.97 Å². The minimum absolute atomic E-state index is 0.0204. The number of nitrogens with zero attached hydrogens (tertiary/aromatic N) is 4. The molecule has 0 aliphatic heterocycles. The second-order valence-corrected chi connectivity index (χ2v) is 11.2. The molecular weight excluding hydrogens is 576 g/mol. The highest BCUT2D eigenvalue weighted by atomic mass is 35.5. The first-order valence-electron chi connectivity index (χ1n) is 14.8. The number of quaternary nitrogens is 1. The van der Waals surface area contributed by atoms with E-state index in [0.29, 0.717) is 13.1 Å². The Morgan fingerprint density at radius 3 is 1.82 bits per heavy atom. The highest BCUT2D eigenvalue weighted by Crippen LogP contribution is 2.22. The van der Waals surface area contributed by atoms with Gasteiger partial charge in [-0.25, -0.2) is 9.97 Å². The van der Waals surface area contributed by atoms with Crippen molar-refractivity contribution in [1.29, 1.82) is 0 Å². The minimum atomic E-state index is -0.550. The van der Waals surface area contributed by atoms with E-state index in [4.69, 9.17) is 32.5 Å². The van der Waals surface area contributed by atoms with Gasteiger partial charge in [0.2, 0.25) is 0 Å². The van der Waals surface area contributed by atoms with Crippen LogP contribution in [0.25, 0.3) is 0 Å². The number of hydrogen-bond donors (Lipinski definition) is 2. The van der Waals surface area contributed by atoms with Gasteiger partial charge in [0, 0.05) is 24.3 Å². The lowest BCUT2D eigenvalue weighted by molar-refractivity contribution is -0.940. The first-order chi connectivity index (χ1) is 21.3. The molecule has 0 aliphatic rings. The second kappa shape index (κ2) is 15.9. The molecule has 9 nitrogen and oxygen atoms in total. The monoisotopic (exact) mass is 616 g/mol. The van der Waals surface area contributed by atoms with Gasteiger partial charge in [0.05, 0.1) is 40.4 Å². The minimum Gasteiger partial charge on any atom is -0.857 e. The molecule has 0 saturated carbocycles. The lowest BCUT2D eigenvalue weighted by Crippen LogP contribution is -2.50. The molecule has 4 rings (SSSR count). The third-order valence-corrected chi connectivity index (χ3v) is 8.09. The first kappa shape index (κ1) is 32.6. The summed E-state index contributed by atoms with van der Waals surface area (Å²) in [5, 5.41) is 12.9. The number of aromatic nitrogens is 2. The van der Waals surface area contributed by atoms with Crippen LogP contribution < -0.4 is 26.0 Å². The topological polar surface area (TPSA) is 132 Å². The Kier molecular flexibility index (Phi) is 11.8. The zero-order valence-electron chi connectivity index (χ0n) is 25.4. The van der Waals surface area contributed by atoms with E-state index in [0.717, 1.165) is 61.3 Å². The van der Waals surface area contributed by atoms with Gasteiger partial charge in [-0.1, -0.05) is 66.2 Å². The molecule has 4 aromatic rings. The molecule has 0 saturated heterocycles. The summed E-state index contributed by atoms with van der Waals surface area (Å²) < 4.78 is 11.4. The fourth-order valence-electron chi connectivity index (χ4n) is 5.40. The number of methoxy groups -OCH3 is 2. The number of hydrogen-bond acceptors (Lipinski definition) is 8. The quantitative estimate of drug-likeness (QED) is 0.106. The Morgan fingerprint density at radius 2 is 1.30 bits per heavy atom. The van der Waals surface area contributed by atoms with E-state index in [2.05, 4.69) is 63.5 Å². The molecular formula is C34H41ClN6O3.